The molecule has 0 saturated carbocycles. The molecule has 3 rings (SSSR count). The van der Waals surface area contributed by atoms with E-state index in [0.717, 1.165) is 10.6 Å². The standard InChI is InChI=1S/C18H15Cl2N3O2S/c1-2-14(25-15-10-12(19)8-9-13(15)20)16(24)21-18-23-22-17(26-18)11-6-4-3-5-7-11/h3-10,14H,2H2,1H3,(H,21,23,24)/t14-/m0/s1. The molecule has 8 heteroatoms. The van der Waals surface area contributed by atoms with Gasteiger partial charge in [0, 0.05) is 16.7 Å². The molecule has 134 valence electrons. The summed E-state index contributed by atoms with van der Waals surface area (Å²) in [7, 11) is 0. The molecule has 1 aromatic heterocycles. The van der Waals surface area contributed by atoms with E-state index >= 15 is 0 Å². The fourth-order valence-corrected chi connectivity index (χ4v) is 3.28. The zero-order valence-corrected chi connectivity index (χ0v) is 16.1. The van der Waals surface area contributed by atoms with E-state index in [0.29, 0.717) is 27.3 Å². The van der Waals surface area contributed by atoms with E-state index in [2.05, 4.69) is 15.5 Å². The molecule has 0 saturated heterocycles. The largest absolute Gasteiger partial charge is 0.479 e. The van der Waals surface area contributed by atoms with Crippen molar-refractivity contribution in [3.63, 3.8) is 0 Å². The summed E-state index contributed by atoms with van der Waals surface area (Å²) >= 11 is 13.4. The maximum Gasteiger partial charge on any atom is 0.267 e. The van der Waals surface area contributed by atoms with Crippen LogP contribution in [0.2, 0.25) is 10.0 Å². The Morgan fingerprint density at radius 2 is 1.96 bits per heavy atom. The number of anilines is 1. The molecule has 2 aromatic carbocycles. The minimum absolute atomic E-state index is 0.320. The maximum absolute atomic E-state index is 12.5. The van der Waals surface area contributed by atoms with E-state index in [1.165, 1.54) is 11.3 Å². The maximum atomic E-state index is 12.5. The van der Waals surface area contributed by atoms with E-state index in [1.807, 2.05) is 37.3 Å². The van der Waals surface area contributed by atoms with E-state index in [4.69, 9.17) is 27.9 Å². The first kappa shape index (κ1) is 18.6. The number of rotatable bonds is 6. The Bertz CT molecular complexity index is 902. The Labute approximate surface area is 164 Å². The monoisotopic (exact) mass is 407 g/mol. The number of benzene rings is 2. The molecule has 1 N–H and O–H groups in total. The van der Waals surface area contributed by atoms with Crippen molar-refractivity contribution in [3.05, 3.63) is 58.6 Å². The molecule has 1 atom stereocenters. The predicted molar refractivity (Wildman–Crippen MR) is 105 cm³/mol. The van der Waals surface area contributed by atoms with Gasteiger partial charge in [-0.25, -0.2) is 0 Å². The van der Waals surface area contributed by atoms with Gasteiger partial charge in [0.15, 0.2) is 6.10 Å². The summed E-state index contributed by atoms with van der Waals surface area (Å²) in [4.78, 5) is 12.5. The normalized spacial score (nSPS) is 11.8. The topological polar surface area (TPSA) is 64.1 Å². The number of nitrogens with one attached hydrogen (secondary N) is 1. The first-order valence-corrected chi connectivity index (χ1v) is 9.45. The van der Waals surface area contributed by atoms with Crippen LogP contribution in [0.4, 0.5) is 5.13 Å². The third-order valence-electron chi connectivity index (χ3n) is 3.50. The van der Waals surface area contributed by atoms with Gasteiger partial charge in [-0.2, -0.15) is 0 Å². The highest BCUT2D eigenvalue weighted by Crippen LogP contribution is 2.30. The lowest BCUT2D eigenvalue weighted by molar-refractivity contribution is -0.122. The highest BCUT2D eigenvalue weighted by molar-refractivity contribution is 7.18. The van der Waals surface area contributed by atoms with E-state index in [-0.39, 0.29) is 5.91 Å². The number of amides is 1. The van der Waals surface area contributed by atoms with Gasteiger partial charge in [0.1, 0.15) is 10.8 Å². The van der Waals surface area contributed by atoms with Crippen LogP contribution in [0.1, 0.15) is 13.3 Å². The molecule has 5 nitrogen and oxygen atoms in total. The molecule has 0 unspecified atom stereocenters. The number of nitrogens with zero attached hydrogens (tertiary/aromatic N) is 2. The lowest BCUT2D eigenvalue weighted by Crippen LogP contribution is -2.32. The van der Waals surface area contributed by atoms with Crippen molar-refractivity contribution in [2.24, 2.45) is 0 Å². The predicted octanol–water partition coefficient (Wildman–Crippen LogP) is 5.31. The molecule has 1 heterocycles. The van der Waals surface area contributed by atoms with Gasteiger partial charge >= 0.3 is 0 Å². The Kier molecular flexibility index (Phi) is 6.08. The number of hydrogen-bond donors (Lipinski definition) is 1. The van der Waals surface area contributed by atoms with E-state index in [1.54, 1.807) is 18.2 Å². The molecule has 3 aromatic rings. The third kappa shape index (κ3) is 4.52. The summed E-state index contributed by atoms with van der Waals surface area (Å²) in [5, 5.41) is 12.9. The number of halogens is 2. The van der Waals surface area contributed by atoms with Crippen LogP contribution in [0, 0.1) is 0 Å². The average Bonchev–Trinajstić information content (AvgIpc) is 3.11. The first-order valence-electron chi connectivity index (χ1n) is 7.88. The molecular formula is C18H15Cl2N3O2S. The average molecular weight is 408 g/mol. The Morgan fingerprint density at radius 3 is 2.69 bits per heavy atom. The van der Waals surface area contributed by atoms with Crippen molar-refractivity contribution >= 4 is 45.6 Å². The molecule has 0 spiro atoms. The van der Waals surface area contributed by atoms with Crippen molar-refractivity contribution < 1.29 is 9.53 Å². The summed E-state index contributed by atoms with van der Waals surface area (Å²) in [5.41, 5.74) is 0.944. The number of hydrogen-bond acceptors (Lipinski definition) is 5. The molecule has 0 aliphatic carbocycles. The van der Waals surface area contributed by atoms with Crippen LogP contribution in [0.5, 0.6) is 5.75 Å². The lowest BCUT2D eigenvalue weighted by Gasteiger charge is -2.17. The van der Waals surface area contributed by atoms with Crippen LogP contribution >= 0.6 is 34.5 Å². The van der Waals surface area contributed by atoms with Crippen molar-refractivity contribution in [2.45, 2.75) is 19.4 Å². The van der Waals surface area contributed by atoms with Gasteiger partial charge in [0.25, 0.3) is 5.91 Å². The Balaban J connectivity index is 1.70. The van der Waals surface area contributed by atoms with Crippen LogP contribution in [-0.4, -0.2) is 22.2 Å². The zero-order chi connectivity index (χ0) is 18.5. The van der Waals surface area contributed by atoms with Crippen LogP contribution in [0.25, 0.3) is 10.6 Å². The zero-order valence-electron chi connectivity index (χ0n) is 13.8. The molecule has 0 aliphatic heterocycles. The second-order valence-corrected chi connectivity index (χ2v) is 7.18. The molecular weight excluding hydrogens is 393 g/mol. The molecule has 1 amide bonds. The molecule has 0 radical (unpaired) electrons. The summed E-state index contributed by atoms with van der Waals surface area (Å²) in [6.45, 7) is 1.85. The van der Waals surface area contributed by atoms with E-state index < -0.39 is 6.10 Å². The van der Waals surface area contributed by atoms with Gasteiger partial charge in [-0.15, -0.1) is 10.2 Å². The minimum Gasteiger partial charge on any atom is -0.479 e. The van der Waals surface area contributed by atoms with Gasteiger partial charge < -0.3 is 4.74 Å². The Morgan fingerprint density at radius 1 is 1.19 bits per heavy atom. The van der Waals surface area contributed by atoms with Crippen LogP contribution < -0.4 is 10.1 Å². The van der Waals surface area contributed by atoms with Gasteiger partial charge in [-0.1, -0.05) is 71.8 Å². The number of aromatic nitrogens is 2. The molecule has 0 aliphatic rings. The van der Waals surface area contributed by atoms with Crippen LogP contribution in [0.15, 0.2) is 48.5 Å². The Hall–Kier alpha value is -2.15. The smallest absolute Gasteiger partial charge is 0.267 e. The van der Waals surface area contributed by atoms with Crippen molar-refractivity contribution in [1.29, 1.82) is 0 Å². The second-order valence-electron chi connectivity index (χ2n) is 5.36. The molecule has 0 bridgehead atoms. The van der Waals surface area contributed by atoms with Gasteiger partial charge in [-0.05, 0) is 18.6 Å². The van der Waals surface area contributed by atoms with Gasteiger partial charge in [0.2, 0.25) is 5.13 Å². The highest BCUT2D eigenvalue weighted by Gasteiger charge is 2.21. The number of carbonyl (C=O) groups is 1. The van der Waals surface area contributed by atoms with E-state index in [9.17, 15) is 4.79 Å². The van der Waals surface area contributed by atoms with Gasteiger partial charge in [0.05, 0.1) is 5.02 Å². The number of carbonyl (C=O) groups excluding carboxylic acids is 1. The lowest BCUT2D eigenvalue weighted by atomic mass is 10.2. The fraction of sp³-hybridized carbons (Fsp3) is 0.167. The number of ether oxygens (including phenoxy) is 1. The van der Waals surface area contributed by atoms with Crippen LogP contribution in [0.3, 0.4) is 0 Å². The van der Waals surface area contributed by atoms with Crippen molar-refractivity contribution in [2.75, 3.05) is 5.32 Å². The van der Waals surface area contributed by atoms with Crippen molar-refractivity contribution in [1.82, 2.24) is 10.2 Å². The summed E-state index contributed by atoms with van der Waals surface area (Å²) < 4.78 is 5.73. The summed E-state index contributed by atoms with van der Waals surface area (Å²) in [5.74, 6) is 0.0442. The quantitative estimate of drug-likeness (QED) is 0.601. The third-order valence-corrected chi connectivity index (χ3v) is 4.94. The molecule has 0 fully saturated rings. The van der Waals surface area contributed by atoms with Crippen LogP contribution in [-0.2, 0) is 4.79 Å². The SMILES string of the molecule is CC[C@H](Oc1cc(Cl)ccc1Cl)C(=O)Nc1nnc(-c2ccccc2)s1. The second kappa shape index (κ2) is 8.49. The minimum atomic E-state index is -0.727. The van der Waals surface area contributed by atoms with Crippen molar-refractivity contribution in [3.8, 4) is 16.3 Å². The summed E-state index contributed by atoms with van der Waals surface area (Å²) in [6, 6.07) is 14.5. The molecule has 26 heavy (non-hydrogen) atoms. The fourth-order valence-electron chi connectivity index (χ4n) is 2.20. The first-order chi connectivity index (χ1) is 12.6. The van der Waals surface area contributed by atoms with Gasteiger partial charge in [-0.3, -0.25) is 10.1 Å². The summed E-state index contributed by atoms with van der Waals surface area (Å²) in [6.07, 6.45) is -0.269. The highest BCUT2D eigenvalue weighted by atomic mass is 35.5.